The van der Waals surface area contributed by atoms with Gasteiger partial charge in [0, 0.05) is 23.4 Å². The van der Waals surface area contributed by atoms with Gasteiger partial charge in [-0.25, -0.2) is 4.99 Å². The van der Waals surface area contributed by atoms with Crippen LogP contribution in [0.2, 0.25) is 0 Å². The molecule has 0 bridgehead atoms. The molecule has 2 heterocycles. The summed E-state index contributed by atoms with van der Waals surface area (Å²) < 4.78 is 0. The summed E-state index contributed by atoms with van der Waals surface area (Å²) in [7, 11) is 0. The molecular formula is C12H16N2. The number of aromatic amines is 1. The van der Waals surface area contributed by atoms with Crippen LogP contribution >= 0.6 is 0 Å². The van der Waals surface area contributed by atoms with Gasteiger partial charge in [-0.05, 0) is 25.0 Å². The van der Waals surface area contributed by atoms with Crippen molar-refractivity contribution in [2.45, 2.75) is 32.6 Å². The average molecular weight is 188 g/mol. The first-order valence-electron chi connectivity index (χ1n) is 5.08. The van der Waals surface area contributed by atoms with E-state index in [9.17, 15) is 0 Å². The molecule has 2 rings (SSSR count). The maximum atomic E-state index is 4.38. The van der Waals surface area contributed by atoms with E-state index >= 15 is 0 Å². The number of hydrogen-bond donors (Lipinski definition) is 1. The van der Waals surface area contributed by atoms with Crippen molar-refractivity contribution in [1.82, 2.24) is 4.98 Å². The summed E-state index contributed by atoms with van der Waals surface area (Å²) in [5, 5.41) is 0. The van der Waals surface area contributed by atoms with Crippen LogP contribution in [0.25, 0.3) is 0 Å². The summed E-state index contributed by atoms with van der Waals surface area (Å²) >= 11 is 0. The average Bonchev–Trinajstić information content (AvgIpc) is 2.45. The number of aryl methyl sites for hydroxylation is 1. The Bertz CT molecular complexity index is 398. The second-order valence-electron chi connectivity index (χ2n) is 4.10. The molecule has 74 valence electrons. The lowest BCUT2D eigenvalue weighted by Gasteiger charge is -2.24. The lowest BCUT2D eigenvalue weighted by Crippen LogP contribution is -2.17. The highest BCUT2D eigenvalue weighted by molar-refractivity contribution is 5.77. The fraction of sp³-hybridized carbons (Fsp3) is 0.417. The fourth-order valence-corrected chi connectivity index (χ4v) is 2.08. The highest BCUT2D eigenvalue weighted by Crippen LogP contribution is 2.38. The van der Waals surface area contributed by atoms with Crippen molar-refractivity contribution in [3.63, 3.8) is 0 Å². The van der Waals surface area contributed by atoms with Gasteiger partial charge < -0.3 is 4.98 Å². The zero-order chi connectivity index (χ0) is 10.2. The molecule has 0 amide bonds. The lowest BCUT2D eigenvalue weighted by atomic mass is 9.79. The number of nitrogens with one attached hydrogen (secondary N) is 1. The van der Waals surface area contributed by atoms with Gasteiger partial charge in [0.25, 0.3) is 0 Å². The molecule has 1 atom stereocenters. The molecule has 0 spiro atoms. The van der Waals surface area contributed by atoms with E-state index in [1.54, 1.807) is 0 Å². The van der Waals surface area contributed by atoms with Crippen LogP contribution in [-0.2, 0) is 5.41 Å². The third-order valence-corrected chi connectivity index (χ3v) is 3.12. The lowest BCUT2D eigenvalue weighted by molar-refractivity contribution is 0.573. The van der Waals surface area contributed by atoms with E-state index in [1.807, 2.05) is 18.5 Å². The Balaban J connectivity index is 2.64. The molecule has 0 saturated carbocycles. The summed E-state index contributed by atoms with van der Waals surface area (Å²) in [5.74, 6) is 1.01. The Hall–Kier alpha value is -1.31. The number of aromatic nitrogens is 1. The van der Waals surface area contributed by atoms with Crippen LogP contribution in [0.3, 0.4) is 0 Å². The van der Waals surface area contributed by atoms with Crippen molar-refractivity contribution in [2.24, 2.45) is 4.99 Å². The van der Waals surface area contributed by atoms with Crippen LogP contribution in [-0.4, -0.2) is 11.2 Å². The summed E-state index contributed by atoms with van der Waals surface area (Å²) in [6.07, 6.45) is 9.27. The van der Waals surface area contributed by atoms with Gasteiger partial charge in [0.05, 0.1) is 0 Å². The molecule has 0 saturated heterocycles. The molecule has 2 heteroatoms. The van der Waals surface area contributed by atoms with E-state index in [1.165, 1.54) is 11.1 Å². The minimum absolute atomic E-state index is 0.121. The van der Waals surface area contributed by atoms with Gasteiger partial charge in [0.1, 0.15) is 5.82 Å². The number of rotatable bonds is 1. The molecule has 0 aliphatic carbocycles. The van der Waals surface area contributed by atoms with Gasteiger partial charge in [0.15, 0.2) is 0 Å². The molecule has 0 radical (unpaired) electrons. The van der Waals surface area contributed by atoms with Crippen LogP contribution in [0, 0.1) is 6.92 Å². The number of H-pyrrole nitrogens is 1. The zero-order valence-electron chi connectivity index (χ0n) is 8.96. The van der Waals surface area contributed by atoms with E-state index in [0.29, 0.717) is 0 Å². The van der Waals surface area contributed by atoms with Crippen molar-refractivity contribution in [3.05, 3.63) is 29.5 Å². The van der Waals surface area contributed by atoms with Crippen LogP contribution < -0.4 is 0 Å². The van der Waals surface area contributed by atoms with Gasteiger partial charge in [-0.2, -0.15) is 0 Å². The zero-order valence-corrected chi connectivity index (χ0v) is 8.96. The van der Waals surface area contributed by atoms with Crippen molar-refractivity contribution in [2.75, 3.05) is 0 Å². The quantitative estimate of drug-likeness (QED) is 0.700. The molecular weight excluding hydrogens is 172 g/mol. The molecule has 1 aliphatic heterocycles. The number of nitrogens with zero attached hydrogens (tertiary/aromatic N) is 1. The predicted molar refractivity (Wildman–Crippen MR) is 60.5 cm³/mol. The highest BCUT2D eigenvalue weighted by atomic mass is 14.9. The van der Waals surface area contributed by atoms with Crippen molar-refractivity contribution < 1.29 is 0 Å². The van der Waals surface area contributed by atoms with Crippen LogP contribution in [0.4, 0.5) is 5.82 Å². The maximum absolute atomic E-state index is 4.38. The Morgan fingerprint density at radius 3 is 3.00 bits per heavy atom. The van der Waals surface area contributed by atoms with E-state index in [2.05, 4.69) is 36.8 Å². The van der Waals surface area contributed by atoms with E-state index in [4.69, 9.17) is 0 Å². The largest absolute Gasteiger partial charge is 0.346 e. The summed E-state index contributed by atoms with van der Waals surface area (Å²) in [6.45, 7) is 6.61. The summed E-state index contributed by atoms with van der Waals surface area (Å²) in [6, 6.07) is 0. The number of aliphatic imine (C=N–C) groups is 1. The van der Waals surface area contributed by atoms with Crippen molar-refractivity contribution >= 4 is 12.0 Å². The Morgan fingerprint density at radius 2 is 2.29 bits per heavy atom. The molecule has 0 aromatic carbocycles. The summed E-state index contributed by atoms with van der Waals surface area (Å²) in [4.78, 5) is 7.60. The first kappa shape index (κ1) is 9.25. The fourth-order valence-electron chi connectivity index (χ4n) is 2.08. The van der Waals surface area contributed by atoms with E-state index in [-0.39, 0.29) is 5.41 Å². The SMILES string of the molecule is CCC1(C)C=CC=Nc2[nH]cc(C)c21. The molecule has 2 nitrogen and oxygen atoms in total. The smallest absolute Gasteiger partial charge is 0.134 e. The van der Waals surface area contributed by atoms with E-state index in [0.717, 1.165) is 12.2 Å². The van der Waals surface area contributed by atoms with Gasteiger partial charge in [0.2, 0.25) is 0 Å². The maximum Gasteiger partial charge on any atom is 0.134 e. The molecule has 1 unspecified atom stereocenters. The molecule has 0 fully saturated rings. The first-order chi connectivity index (χ1) is 6.67. The molecule has 1 aromatic rings. The normalized spacial score (nSPS) is 24.8. The monoisotopic (exact) mass is 188 g/mol. The molecule has 1 aromatic heterocycles. The van der Waals surface area contributed by atoms with Crippen LogP contribution in [0.15, 0.2) is 23.3 Å². The van der Waals surface area contributed by atoms with Gasteiger partial charge >= 0.3 is 0 Å². The Labute approximate surface area is 84.8 Å². The van der Waals surface area contributed by atoms with E-state index < -0.39 is 0 Å². The van der Waals surface area contributed by atoms with Crippen molar-refractivity contribution in [1.29, 1.82) is 0 Å². The predicted octanol–water partition coefficient (Wildman–Crippen LogP) is 3.26. The molecule has 1 aliphatic rings. The minimum atomic E-state index is 0.121. The number of fused-ring (bicyclic) bond motifs is 1. The Kier molecular flexibility index (Phi) is 2.06. The third kappa shape index (κ3) is 1.22. The van der Waals surface area contributed by atoms with Gasteiger partial charge in [-0.1, -0.05) is 19.9 Å². The van der Waals surface area contributed by atoms with Crippen LogP contribution in [0.5, 0.6) is 0 Å². The standard InChI is InChI=1S/C12H16N2/c1-4-12(3)6-5-7-13-11-10(12)9(2)8-14-11/h5-8,14H,4H2,1-3H3. The Morgan fingerprint density at radius 1 is 1.50 bits per heavy atom. The minimum Gasteiger partial charge on any atom is -0.346 e. The second kappa shape index (κ2) is 3.12. The second-order valence-corrected chi connectivity index (χ2v) is 4.10. The van der Waals surface area contributed by atoms with Crippen LogP contribution in [0.1, 0.15) is 31.4 Å². The first-order valence-corrected chi connectivity index (χ1v) is 5.08. The van der Waals surface area contributed by atoms with Crippen molar-refractivity contribution in [3.8, 4) is 0 Å². The topological polar surface area (TPSA) is 28.1 Å². The highest BCUT2D eigenvalue weighted by Gasteiger charge is 2.28. The number of allylic oxidation sites excluding steroid dienone is 2. The van der Waals surface area contributed by atoms with Gasteiger partial charge in [-0.3, -0.25) is 0 Å². The summed E-state index contributed by atoms with van der Waals surface area (Å²) in [5.41, 5.74) is 2.76. The third-order valence-electron chi connectivity index (χ3n) is 3.12. The number of hydrogen-bond acceptors (Lipinski definition) is 1. The molecule has 1 N–H and O–H groups in total. The molecule has 14 heavy (non-hydrogen) atoms. The van der Waals surface area contributed by atoms with Gasteiger partial charge in [-0.15, -0.1) is 0 Å².